The molecule has 0 atom stereocenters. The van der Waals surface area contributed by atoms with Gasteiger partial charge in [-0.1, -0.05) is 6.07 Å². The van der Waals surface area contributed by atoms with Gasteiger partial charge in [0.25, 0.3) is 5.91 Å². The number of carbonyl (C=O) groups excluding carboxylic acids is 1. The zero-order chi connectivity index (χ0) is 23.9. The van der Waals surface area contributed by atoms with Gasteiger partial charge in [-0.3, -0.25) is 19.4 Å². The van der Waals surface area contributed by atoms with Gasteiger partial charge in [0.1, 0.15) is 17.2 Å². The molecule has 1 aromatic carbocycles. The smallest absolute Gasteiger partial charge is 0.276 e. The summed E-state index contributed by atoms with van der Waals surface area (Å²) < 4.78 is 41.3. The van der Waals surface area contributed by atoms with Gasteiger partial charge >= 0.3 is 0 Å². The molecule has 1 fully saturated rings. The molecule has 3 aromatic heterocycles. The molecule has 174 valence electrons. The molecule has 0 unspecified atom stereocenters. The zero-order valence-corrected chi connectivity index (χ0v) is 19.6. The van der Waals surface area contributed by atoms with Crippen LogP contribution in [-0.4, -0.2) is 46.4 Å². The lowest BCUT2D eigenvalue weighted by Gasteiger charge is -2.15. The number of nitrogens with zero attached hydrogens (tertiary/aromatic N) is 5. The van der Waals surface area contributed by atoms with E-state index in [9.17, 15) is 17.6 Å². The molecule has 0 aliphatic heterocycles. The Morgan fingerprint density at radius 1 is 1.18 bits per heavy atom. The Morgan fingerprint density at radius 2 is 1.94 bits per heavy atom. The van der Waals surface area contributed by atoms with Crippen molar-refractivity contribution in [2.75, 3.05) is 16.7 Å². The number of halogens is 1. The normalized spacial score (nSPS) is 13.6. The van der Waals surface area contributed by atoms with E-state index in [0.29, 0.717) is 35.0 Å². The van der Waals surface area contributed by atoms with E-state index in [0.717, 1.165) is 4.31 Å². The standard InChI is InChI=1S/C22H19FN6O3S2/c1-28(34(31,32)16-9-10-16)20-12-19(29(27-20)15-7-5-14(23)6-8-15)21(30)26-22-25-18(13-33-22)17-4-2-3-11-24-17/h2-8,11-13,16H,9-10H2,1H3,(H,25,26,30). The first-order valence-corrected chi connectivity index (χ1v) is 12.7. The molecule has 4 aromatic rings. The highest BCUT2D eigenvalue weighted by atomic mass is 32.2. The van der Waals surface area contributed by atoms with Gasteiger partial charge < -0.3 is 0 Å². The highest BCUT2D eigenvalue weighted by Crippen LogP contribution is 2.33. The van der Waals surface area contributed by atoms with Crippen LogP contribution >= 0.6 is 11.3 Å². The van der Waals surface area contributed by atoms with Crippen molar-refractivity contribution in [3.8, 4) is 17.1 Å². The highest BCUT2D eigenvalue weighted by molar-refractivity contribution is 7.93. The second-order valence-corrected chi connectivity index (χ2v) is 10.8. The van der Waals surface area contributed by atoms with Crippen molar-refractivity contribution < 1.29 is 17.6 Å². The number of carbonyl (C=O) groups is 1. The van der Waals surface area contributed by atoms with E-state index in [1.807, 2.05) is 12.1 Å². The number of hydrogen-bond donors (Lipinski definition) is 1. The van der Waals surface area contributed by atoms with Crippen molar-refractivity contribution in [1.82, 2.24) is 19.7 Å². The van der Waals surface area contributed by atoms with Crippen molar-refractivity contribution in [1.29, 1.82) is 0 Å². The lowest BCUT2D eigenvalue weighted by atomic mass is 10.3. The molecule has 1 N–H and O–H groups in total. The summed E-state index contributed by atoms with van der Waals surface area (Å²) in [5.74, 6) is -0.891. The van der Waals surface area contributed by atoms with E-state index in [1.165, 1.54) is 53.4 Å². The number of nitrogens with one attached hydrogen (secondary N) is 1. The summed E-state index contributed by atoms with van der Waals surface area (Å²) in [6.45, 7) is 0. The lowest BCUT2D eigenvalue weighted by Crippen LogP contribution is -2.30. The molecule has 34 heavy (non-hydrogen) atoms. The minimum atomic E-state index is -3.57. The van der Waals surface area contributed by atoms with Gasteiger partial charge in [-0.15, -0.1) is 16.4 Å². The van der Waals surface area contributed by atoms with Crippen LogP contribution in [0.5, 0.6) is 0 Å². The first-order chi connectivity index (χ1) is 16.3. The Morgan fingerprint density at radius 3 is 2.62 bits per heavy atom. The molecule has 1 aliphatic rings. The van der Waals surface area contributed by atoms with Crippen molar-refractivity contribution in [2.24, 2.45) is 0 Å². The first-order valence-electron chi connectivity index (χ1n) is 10.3. The predicted molar refractivity (Wildman–Crippen MR) is 127 cm³/mol. The molecule has 3 heterocycles. The molecule has 5 rings (SSSR count). The predicted octanol–water partition coefficient (Wildman–Crippen LogP) is 3.71. The number of thiazole rings is 1. The SMILES string of the molecule is CN(c1cc(C(=O)Nc2nc(-c3ccccn3)cs2)n(-c2ccc(F)cc2)n1)S(=O)(=O)C1CC1. The Bertz CT molecular complexity index is 1450. The fourth-order valence-electron chi connectivity index (χ4n) is 3.31. The van der Waals surface area contributed by atoms with Crippen LogP contribution in [0.15, 0.2) is 60.1 Å². The number of hydrogen-bond acceptors (Lipinski definition) is 7. The van der Waals surface area contributed by atoms with E-state index in [1.54, 1.807) is 17.6 Å². The number of amides is 1. The van der Waals surface area contributed by atoms with E-state index < -0.39 is 27.0 Å². The molecule has 0 saturated heterocycles. The maximum Gasteiger partial charge on any atom is 0.276 e. The summed E-state index contributed by atoms with van der Waals surface area (Å²) >= 11 is 1.23. The molecule has 0 bridgehead atoms. The Balaban J connectivity index is 1.48. The molecule has 1 aliphatic carbocycles. The topological polar surface area (TPSA) is 110 Å². The third-order valence-electron chi connectivity index (χ3n) is 5.30. The van der Waals surface area contributed by atoms with E-state index in [2.05, 4.69) is 20.4 Å². The molecule has 0 radical (unpaired) electrons. The second-order valence-electron chi connectivity index (χ2n) is 7.69. The van der Waals surface area contributed by atoms with Crippen molar-refractivity contribution in [2.45, 2.75) is 18.1 Å². The summed E-state index contributed by atoms with van der Waals surface area (Å²) in [5.41, 5.74) is 1.77. The lowest BCUT2D eigenvalue weighted by molar-refractivity contribution is 0.101. The third-order valence-corrected chi connectivity index (χ3v) is 8.32. The van der Waals surface area contributed by atoms with Crippen LogP contribution in [0.2, 0.25) is 0 Å². The van der Waals surface area contributed by atoms with Crippen LogP contribution in [0.25, 0.3) is 17.1 Å². The van der Waals surface area contributed by atoms with E-state index in [-0.39, 0.29) is 11.5 Å². The third kappa shape index (κ3) is 4.29. The van der Waals surface area contributed by atoms with Crippen LogP contribution in [0.3, 0.4) is 0 Å². The minimum absolute atomic E-state index is 0.0778. The van der Waals surface area contributed by atoms with Gasteiger partial charge in [0.05, 0.1) is 16.6 Å². The maximum atomic E-state index is 13.5. The first kappa shape index (κ1) is 22.2. The maximum absolute atomic E-state index is 13.5. The number of rotatable bonds is 7. The van der Waals surface area contributed by atoms with Gasteiger partial charge in [-0.25, -0.2) is 22.5 Å². The fraction of sp³-hybridized carbons (Fsp3) is 0.182. The van der Waals surface area contributed by atoms with Gasteiger partial charge in [0, 0.05) is 24.7 Å². The number of anilines is 2. The number of sulfonamides is 1. The van der Waals surface area contributed by atoms with Crippen LogP contribution in [0, 0.1) is 5.82 Å². The molecule has 0 spiro atoms. The van der Waals surface area contributed by atoms with Crippen LogP contribution in [0.4, 0.5) is 15.3 Å². The van der Waals surface area contributed by atoms with Crippen molar-refractivity contribution >= 4 is 38.2 Å². The second kappa shape index (κ2) is 8.61. The quantitative estimate of drug-likeness (QED) is 0.416. The molecule has 9 nitrogen and oxygen atoms in total. The van der Waals surface area contributed by atoms with Crippen LogP contribution in [-0.2, 0) is 10.0 Å². The summed E-state index contributed by atoms with van der Waals surface area (Å²) in [4.78, 5) is 21.9. The van der Waals surface area contributed by atoms with Crippen LogP contribution < -0.4 is 9.62 Å². The molecular formula is C22H19FN6O3S2. The fourth-order valence-corrected chi connectivity index (χ4v) is 5.54. The largest absolute Gasteiger partial charge is 0.296 e. The monoisotopic (exact) mass is 498 g/mol. The molecular weight excluding hydrogens is 479 g/mol. The molecule has 12 heteroatoms. The molecule has 1 amide bonds. The average Bonchev–Trinajstić information content (AvgIpc) is 3.46. The molecule has 1 saturated carbocycles. The highest BCUT2D eigenvalue weighted by Gasteiger charge is 2.40. The van der Waals surface area contributed by atoms with Crippen LogP contribution in [0.1, 0.15) is 23.3 Å². The van der Waals surface area contributed by atoms with Gasteiger partial charge in [0.2, 0.25) is 10.0 Å². The summed E-state index contributed by atoms with van der Waals surface area (Å²) in [7, 11) is -2.17. The van der Waals surface area contributed by atoms with Gasteiger partial charge in [-0.05, 0) is 49.2 Å². The minimum Gasteiger partial charge on any atom is -0.296 e. The average molecular weight is 499 g/mol. The van der Waals surface area contributed by atoms with Crippen molar-refractivity contribution in [3.05, 3.63) is 71.6 Å². The number of aromatic nitrogens is 4. The van der Waals surface area contributed by atoms with Gasteiger partial charge in [-0.2, -0.15) is 0 Å². The summed E-state index contributed by atoms with van der Waals surface area (Å²) in [6, 6.07) is 12.2. The Hall–Kier alpha value is -3.64. The van der Waals surface area contributed by atoms with E-state index in [4.69, 9.17) is 0 Å². The number of pyridine rings is 1. The van der Waals surface area contributed by atoms with Crippen molar-refractivity contribution in [3.63, 3.8) is 0 Å². The zero-order valence-electron chi connectivity index (χ0n) is 17.9. The summed E-state index contributed by atoms with van der Waals surface area (Å²) in [6.07, 6.45) is 2.85. The van der Waals surface area contributed by atoms with Gasteiger partial charge in [0.15, 0.2) is 10.9 Å². The Labute approximate surface area is 199 Å². The summed E-state index contributed by atoms with van der Waals surface area (Å²) in [5, 5.41) is 8.77. The van der Waals surface area contributed by atoms with E-state index >= 15 is 0 Å². The number of benzene rings is 1. The Kier molecular flexibility index (Phi) is 5.62.